The second kappa shape index (κ2) is 13.5. The maximum atomic E-state index is 14.4. The van der Waals surface area contributed by atoms with Crippen LogP contribution in [0.1, 0.15) is 47.8 Å². The molecular weight excluding hydrogens is 582 g/mol. The quantitative estimate of drug-likeness (QED) is 0.292. The van der Waals surface area contributed by atoms with E-state index in [2.05, 4.69) is 10.3 Å². The van der Waals surface area contributed by atoms with Crippen LogP contribution < -0.4 is 5.32 Å². The molecule has 1 saturated heterocycles. The third-order valence-electron chi connectivity index (χ3n) is 8.75. The van der Waals surface area contributed by atoms with Crippen molar-refractivity contribution in [3.8, 4) is 11.3 Å². The summed E-state index contributed by atoms with van der Waals surface area (Å²) in [5, 5.41) is 24.8. The van der Waals surface area contributed by atoms with Gasteiger partial charge in [-0.25, -0.2) is 18.2 Å². The predicted molar refractivity (Wildman–Crippen MR) is 167 cm³/mol. The van der Waals surface area contributed by atoms with Crippen LogP contribution in [0.15, 0.2) is 67.0 Å². The van der Waals surface area contributed by atoms with Crippen molar-refractivity contribution in [1.82, 2.24) is 24.7 Å². The normalized spacial score (nSPS) is 22.6. The minimum atomic E-state index is -3.14. The number of nitrogens with one attached hydrogen (secondary N) is 1. The van der Waals surface area contributed by atoms with Gasteiger partial charge >= 0.3 is 6.09 Å². The van der Waals surface area contributed by atoms with Gasteiger partial charge in [0, 0.05) is 44.5 Å². The van der Waals surface area contributed by atoms with Gasteiger partial charge in [-0.3, -0.25) is 4.79 Å². The largest absolute Gasteiger partial charge is 0.465 e. The zero-order valence-corrected chi connectivity index (χ0v) is 25.8. The molecule has 2 unspecified atom stereocenters. The Labute approximate surface area is 258 Å². The SMILES string of the molecule is CS(=O)(=O)CCNCC1(O)CCCCC1n1cnc(C(=O)N2CCN(C(=O)O)C[C@H]2Cc2ccccc2)c1-c1ccccc1. The van der Waals surface area contributed by atoms with E-state index in [1.807, 2.05) is 65.2 Å². The first-order valence-corrected chi connectivity index (χ1v) is 17.2. The molecular formula is C32H41N5O6S. The van der Waals surface area contributed by atoms with Gasteiger partial charge in [0.05, 0.1) is 35.5 Å². The number of hydrogen-bond donors (Lipinski definition) is 3. The van der Waals surface area contributed by atoms with Crippen molar-refractivity contribution >= 4 is 21.8 Å². The van der Waals surface area contributed by atoms with Gasteiger partial charge in [-0.05, 0) is 24.8 Å². The zero-order valence-electron chi connectivity index (χ0n) is 25.0. The Morgan fingerprint density at radius 2 is 1.75 bits per heavy atom. The highest BCUT2D eigenvalue weighted by Gasteiger charge is 2.42. The lowest BCUT2D eigenvalue weighted by Gasteiger charge is -2.42. The first-order valence-electron chi connectivity index (χ1n) is 15.1. The Morgan fingerprint density at radius 3 is 2.43 bits per heavy atom. The highest BCUT2D eigenvalue weighted by atomic mass is 32.2. The summed E-state index contributed by atoms with van der Waals surface area (Å²) in [4.78, 5) is 34.0. The molecule has 3 atom stereocenters. The van der Waals surface area contributed by atoms with Crippen LogP contribution in [-0.4, -0.2) is 106 Å². The first-order chi connectivity index (χ1) is 21.1. The maximum absolute atomic E-state index is 14.4. The Bertz CT molecular complexity index is 1550. The number of hydrogen-bond acceptors (Lipinski definition) is 7. The minimum Gasteiger partial charge on any atom is -0.465 e. The average Bonchev–Trinajstić information content (AvgIpc) is 3.44. The Hall–Kier alpha value is -3.74. The molecule has 2 fully saturated rings. The third kappa shape index (κ3) is 7.31. The van der Waals surface area contributed by atoms with Gasteiger partial charge < -0.3 is 29.9 Å². The van der Waals surface area contributed by atoms with Crippen LogP contribution in [-0.2, 0) is 16.3 Å². The number of carboxylic acid groups (broad SMARTS) is 1. The number of aliphatic hydroxyl groups is 1. The van der Waals surface area contributed by atoms with E-state index in [0.29, 0.717) is 25.0 Å². The lowest BCUT2D eigenvalue weighted by Crippen LogP contribution is -2.57. The molecule has 12 heteroatoms. The number of nitrogens with zero attached hydrogens (tertiary/aromatic N) is 4. The number of sulfone groups is 1. The number of piperazine rings is 1. The zero-order chi connectivity index (χ0) is 31.3. The Kier molecular flexibility index (Phi) is 9.72. The van der Waals surface area contributed by atoms with Crippen molar-refractivity contribution in [2.45, 2.75) is 49.8 Å². The van der Waals surface area contributed by atoms with Crippen molar-refractivity contribution in [3.63, 3.8) is 0 Å². The van der Waals surface area contributed by atoms with E-state index in [1.165, 1.54) is 11.2 Å². The summed E-state index contributed by atoms with van der Waals surface area (Å²) >= 11 is 0. The fraction of sp³-hybridized carbons (Fsp3) is 0.469. The molecule has 2 aliphatic rings. The monoisotopic (exact) mass is 623 g/mol. The summed E-state index contributed by atoms with van der Waals surface area (Å²) in [5.41, 5.74) is 1.48. The van der Waals surface area contributed by atoms with Gasteiger partial charge in [-0.15, -0.1) is 0 Å². The predicted octanol–water partition coefficient (Wildman–Crippen LogP) is 3.08. The van der Waals surface area contributed by atoms with Crippen molar-refractivity contribution in [2.75, 3.05) is 44.7 Å². The van der Waals surface area contributed by atoms with Crippen molar-refractivity contribution in [1.29, 1.82) is 0 Å². The Morgan fingerprint density at radius 1 is 1.05 bits per heavy atom. The number of amides is 2. The summed E-state index contributed by atoms with van der Waals surface area (Å²) in [6.07, 6.45) is 5.23. The molecule has 0 spiro atoms. The number of benzene rings is 2. The molecule has 2 aromatic carbocycles. The molecule has 44 heavy (non-hydrogen) atoms. The molecule has 1 aliphatic heterocycles. The Balaban J connectivity index is 1.49. The number of aromatic nitrogens is 2. The topological polar surface area (TPSA) is 145 Å². The summed E-state index contributed by atoms with van der Waals surface area (Å²) in [7, 11) is -3.14. The van der Waals surface area contributed by atoms with Gasteiger partial charge in [0.15, 0.2) is 5.69 Å². The number of carbonyl (C=O) groups is 2. The van der Waals surface area contributed by atoms with E-state index in [-0.39, 0.29) is 56.1 Å². The molecule has 0 radical (unpaired) electrons. The second-order valence-electron chi connectivity index (χ2n) is 12.0. The van der Waals surface area contributed by atoms with Crippen LogP contribution in [0.25, 0.3) is 11.3 Å². The molecule has 11 nitrogen and oxygen atoms in total. The van der Waals surface area contributed by atoms with Gasteiger partial charge in [0.25, 0.3) is 5.91 Å². The van der Waals surface area contributed by atoms with E-state index in [9.17, 15) is 28.2 Å². The fourth-order valence-corrected chi connectivity index (χ4v) is 7.01. The average molecular weight is 624 g/mol. The van der Waals surface area contributed by atoms with E-state index in [0.717, 1.165) is 24.0 Å². The van der Waals surface area contributed by atoms with Crippen LogP contribution in [0.5, 0.6) is 0 Å². The van der Waals surface area contributed by atoms with Crippen molar-refractivity contribution in [3.05, 3.63) is 78.2 Å². The number of imidazole rings is 1. The van der Waals surface area contributed by atoms with E-state index in [1.54, 1.807) is 11.2 Å². The second-order valence-corrected chi connectivity index (χ2v) is 14.2. The lowest BCUT2D eigenvalue weighted by atomic mass is 9.79. The van der Waals surface area contributed by atoms with Crippen molar-refractivity contribution in [2.24, 2.45) is 0 Å². The molecule has 1 aromatic heterocycles. The molecule has 0 bridgehead atoms. The highest BCUT2D eigenvalue weighted by molar-refractivity contribution is 7.90. The molecule has 2 amide bonds. The fourth-order valence-electron chi connectivity index (χ4n) is 6.50. The number of carbonyl (C=O) groups excluding carboxylic acids is 1. The molecule has 236 valence electrons. The summed E-state index contributed by atoms with van der Waals surface area (Å²) in [6, 6.07) is 18.5. The van der Waals surface area contributed by atoms with Crippen LogP contribution in [0.4, 0.5) is 4.79 Å². The smallest absolute Gasteiger partial charge is 0.407 e. The third-order valence-corrected chi connectivity index (χ3v) is 9.69. The van der Waals surface area contributed by atoms with E-state index in [4.69, 9.17) is 0 Å². The molecule has 2 heterocycles. The maximum Gasteiger partial charge on any atom is 0.407 e. The van der Waals surface area contributed by atoms with Crippen LogP contribution in [0.3, 0.4) is 0 Å². The molecule has 3 aromatic rings. The van der Waals surface area contributed by atoms with Gasteiger partial charge in [-0.1, -0.05) is 73.5 Å². The van der Waals surface area contributed by atoms with E-state index < -0.39 is 27.6 Å². The van der Waals surface area contributed by atoms with Gasteiger partial charge in [0.2, 0.25) is 0 Å². The van der Waals surface area contributed by atoms with Crippen LogP contribution >= 0.6 is 0 Å². The summed E-state index contributed by atoms with van der Waals surface area (Å²) < 4.78 is 25.2. The standard InChI is InChI=1S/C32H41N5O6S/c1-44(42,43)19-16-33-22-32(41)15-9-8-14-27(32)37-23-34-28(29(37)25-12-6-3-7-13-25)30(38)36-18-17-35(31(39)40)21-26(36)20-24-10-4-2-5-11-24/h2-7,10-13,23,26-27,33,41H,8-9,14-22H2,1H3,(H,39,40)/t26-,27?,32?/m1/s1. The first kappa shape index (κ1) is 31.7. The van der Waals surface area contributed by atoms with Crippen LogP contribution in [0, 0.1) is 0 Å². The summed E-state index contributed by atoms with van der Waals surface area (Å²) in [6.45, 7) is 1.08. The molecule has 3 N–H and O–H groups in total. The van der Waals surface area contributed by atoms with Crippen molar-refractivity contribution < 1.29 is 28.2 Å². The van der Waals surface area contributed by atoms with E-state index >= 15 is 0 Å². The highest BCUT2D eigenvalue weighted by Crippen LogP contribution is 2.41. The van der Waals surface area contributed by atoms with Crippen LogP contribution in [0.2, 0.25) is 0 Å². The summed E-state index contributed by atoms with van der Waals surface area (Å²) in [5.74, 6) is -0.300. The molecule has 1 aliphatic carbocycles. The molecule has 1 saturated carbocycles. The lowest BCUT2D eigenvalue weighted by molar-refractivity contribution is -0.0390. The number of rotatable bonds is 10. The van der Waals surface area contributed by atoms with Gasteiger partial charge in [-0.2, -0.15) is 0 Å². The van der Waals surface area contributed by atoms with Gasteiger partial charge in [0.1, 0.15) is 9.84 Å². The molecule has 5 rings (SSSR count). The minimum absolute atomic E-state index is 0.0218.